The Bertz CT molecular complexity index is 256. The molecule has 6 nitrogen and oxygen atoms in total. The number of amides is 2. The molecule has 0 saturated heterocycles. The van der Waals surface area contributed by atoms with Crippen molar-refractivity contribution >= 4 is 12.0 Å². The van der Waals surface area contributed by atoms with Gasteiger partial charge in [-0.2, -0.15) is 0 Å². The van der Waals surface area contributed by atoms with Crippen molar-refractivity contribution in [3.05, 3.63) is 0 Å². The Morgan fingerprint density at radius 3 is 2.24 bits per heavy atom. The first-order valence-corrected chi connectivity index (χ1v) is 5.65. The Kier molecular flexibility index (Phi) is 7.29. The van der Waals surface area contributed by atoms with Gasteiger partial charge in [0.05, 0.1) is 12.6 Å². The van der Waals surface area contributed by atoms with Crippen LogP contribution in [0.3, 0.4) is 0 Å². The number of ether oxygens (including phenoxy) is 1. The van der Waals surface area contributed by atoms with E-state index in [1.54, 1.807) is 6.92 Å². The molecule has 0 fully saturated rings. The molecule has 0 aliphatic rings. The van der Waals surface area contributed by atoms with Crippen LogP contribution >= 0.6 is 0 Å². The van der Waals surface area contributed by atoms with E-state index in [1.165, 1.54) is 7.11 Å². The predicted octanol–water partition coefficient (Wildman–Crippen LogP) is 0.820. The first-order valence-electron chi connectivity index (χ1n) is 5.65. The highest BCUT2D eigenvalue weighted by Crippen LogP contribution is 2.04. The predicted molar refractivity (Wildman–Crippen MR) is 63.9 cm³/mol. The second kappa shape index (κ2) is 7.89. The Morgan fingerprint density at radius 2 is 1.82 bits per heavy atom. The summed E-state index contributed by atoms with van der Waals surface area (Å²) in [7, 11) is 1.54. The number of methoxy groups -OCH3 is 1. The average molecular weight is 246 g/mol. The van der Waals surface area contributed by atoms with Gasteiger partial charge in [0.2, 0.25) is 0 Å². The number of urea groups is 1. The van der Waals surface area contributed by atoms with Gasteiger partial charge in [0.25, 0.3) is 0 Å². The maximum Gasteiger partial charge on any atom is 0.326 e. The lowest BCUT2D eigenvalue weighted by molar-refractivity contribution is -0.139. The minimum Gasteiger partial charge on any atom is -0.480 e. The Hall–Kier alpha value is -1.30. The number of carboxylic acid groups (broad SMARTS) is 1. The third kappa shape index (κ3) is 7.57. The van der Waals surface area contributed by atoms with E-state index in [4.69, 9.17) is 9.84 Å². The van der Waals surface area contributed by atoms with Gasteiger partial charge in [-0.1, -0.05) is 13.8 Å². The molecular formula is C11H22N2O4. The molecule has 0 spiro atoms. The second-order valence-corrected chi connectivity index (χ2v) is 4.49. The number of carboxylic acids is 1. The van der Waals surface area contributed by atoms with Gasteiger partial charge >= 0.3 is 12.0 Å². The third-order valence-electron chi connectivity index (χ3n) is 2.10. The Labute approximate surface area is 102 Å². The molecular weight excluding hydrogens is 224 g/mol. The molecule has 2 atom stereocenters. The molecule has 0 rings (SSSR count). The van der Waals surface area contributed by atoms with E-state index in [-0.39, 0.29) is 12.0 Å². The van der Waals surface area contributed by atoms with Crippen LogP contribution in [0.1, 0.15) is 27.2 Å². The molecule has 100 valence electrons. The lowest BCUT2D eigenvalue weighted by atomic mass is 10.0. The van der Waals surface area contributed by atoms with Gasteiger partial charge < -0.3 is 20.5 Å². The van der Waals surface area contributed by atoms with Gasteiger partial charge in [0.1, 0.15) is 6.04 Å². The number of hydrogen-bond acceptors (Lipinski definition) is 3. The molecule has 0 radical (unpaired) electrons. The van der Waals surface area contributed by atoms with Crippen molar-refractivity contribution in [3.8, 4) is 0 Å². The fourth-order valence-electron chi connectivity index (χ4n) is 1.41. The van der Waals surface area contributed by atoms with Crippen LogP contribution < -0.4 is 10.6 Å². The zero-order valence-corrected chi connectivity index (χ0v) is 10.8. The molecule has 3 N–H and O–H groups in total. The van der Waals surface area contributed by atoms with Gasteiger partial charge in [0.15, 0.2) is 0 Å². The molecule has 0 aromatic rings. The maximum atomic E-state index is 11.5. The Morgan fingerprint density at radius 1 is 1.24 bits per heavy atom. The number of carbonyl (C=O) groups excluding carboxylic acids is 1. The van der Waals surface area contributed by atoms with Crippen LogP contribution in [0.5, 0.6) is 0 Å². The number of nitrogens with one attached hydrogen (secondary N) is 2. The standard InChI is InChI=1S/C11H22N2O4/c1-7(2)5-9(10(14)15)13-11(16)12-8(3)6-17-4/h7-9H,5-6H2,1-4H3,(H,14,15)(H2,12,13,16). The van der Waals surface area contributed by atoms with Crippen LogP contribution in [0.15, 0.2) is 0 Å². The minimum atomic E-state index is -1.02. The number of hydrogen-bond donors (Lipinski definition) is 3. The van der Waals surface area contributed by atoms with Crippen molar-refractivity contribution in [1.29, 1.82) is 0 Å². The van der Waals surface area contributed by atoms with E-state index < -0.39 is 18.0 Å². The van der Waals surface area contributed by atoms with Crippen LogP contribution in [-0.4, -0.2) is 42.9 Å². The normalized spacial score (nSPS) is 14.2. The van der Waals surface area contributed by atoms with Crippen LogP contribution in [0, 0.1) is 5.92 Å². The monoisotopic (exact) mass is 246 g/mol. The van der Waals surface area contributed by atoms with Crippen LogP contribution in [0.25, 0.3) is 0 Å². The van der Waals surface area contributed by atoms with Crippen LogP contribution in [0.2, 0.25) is 0 Å². The van der Waals surface area contributed by atoms with E-state index in [2.05, 4.69) is 10.6 Å². The molecule has 2 unspecified atom stereocenters. The van der Waals surface area contributed by atoms with Gasteiger partial charge in [0, 0.05) is 7.11 Å². The summed E-state index contributed by atoms with van der Waals surface area (Å²) in [6.07, 6.45) is 0.404. The zero-order valence-electron chi connectivity index (χ0n) is 10.8. The molecule has 6 heteroatoms. The molecule has 0 heterocycles. The van der Waals surface area contributed by atoms with E-state index in [9.17, 15) is 9.59 Å². The van der Waals surface area contributed by atoms with Gasteiger partial charge in [-0.05, 0) is 19.3 Å². The van der Waals surface area contributed by atoms with Crippen LogP contribution in [-0.2, 0) is 9.53 Å². The number of rotatable bonds is 7. The summed E-state index contributed by atoms with van der Waals surface area (Å²) in [6.45, 7) is 5.97. The smallest absolute Gasteiger partial charge is 0.326 e. The fourth-order valence-corrected chi connectivity index (χ4v) is 1.41. The quantitative estimate of drug-likeness (QED) is 0.620. The van der Waals surface area contributed by atoms with Gasteiger partial charge in [-0.3, -0.25) is 0 Å². The topological polar surface area (TPSA) is 87.7 Å². The minimum absolute atomic E-state index is 0.159. The third-order valence-corrected chi connectivity index (χ3v) is 2.10. The van der Waals surface area contributed by atoms with E-state index in [1.807, 2.05) is 13.8 Å². The molecule has 0 aromatic heterocycles. The summed E-state index contributed by atoms with van der Waals surface area (Å²) in [5, 5.41) is 14.0. The highest BCUT2D eigenvalue weighted by Gasteiger charge is 2.21. The van der Waals surface area contributed by atoms with Crippen molar-refractivity contribution in [2.45, 2.75) is 39.3 Å². The molecule has 0 saturated carbocycles. The van der Waals surface area contributed by atoms with E-state index in [0.717, 1.165) is 0 Å². The molecule has 0 aliphatic heterocycles. The molecule has 2 amide bonds. The Balaban J connectivity index is 4.17. The van der Waals surface area contributed by atoms with Crippen molar-refractivity contribution in [1.82, 2.24) is 10.6 Å². The first kappa shape index (κ1) is 15.7. The van der Waals surface area contributed by atoms with Crippen molar-refractivity contribution in [2.24, 2.45) is 5.92 Å². The number of carbonyl (C=O) groups is 2. The molecule has 0 bridgehead atoms. The summed E-state index contributed by atoms with van der Waals surface area (Å²) >= 11 is 0. The fraction of sp³-hybridized carbons (Fsp3) is 0.818. The van der Waals surface area contributed by atoms with Crippen LogP contribution in [0.4, 0.5) is 4.79 Å². The molecule has 17 heavy (non-hydrogen) atoms. The SMILES string of the molecule is COCC(C)NC(=O)NC(CC(C)C)C(=O)O. The highest BCUT2D eigenvalue weighted by atomic mass is 16.5. The molecule has 0 aliphatic carbocycles. The van der Waals surface area contributed by atoms with Gasteiger partial charge in [-0.25, -0.2) is 9.59 Å². The summed E-state index contributed by atoms with van der Waals surface area (Å²) in [4.78, 5) is 22.4. The van der Waals surface area contributed by atoms with Crippen molar-refractivity contribution in [3.63, 3.8) is 0 Å². The average Bonchev–Trinajstić information content (AvgIpc) is 2.15. The first-order chi connectivity index (χ1) is 7.86. The highest BCUT2D eigenvalue weighted by molar-refractivity contribution is 5.82. The molecule has 0 aromatic carbocycles. The largest absolute Gasteiger partial charge is 0.480 e. The second-order valence-electron chi connectivity index (χ2n) is 4.49. The van der Waals surface area contributed by atoms with E-state index in [0.29, 0.717) is 13.0 Å². The summed E-state index contributed by atoms with van der Waals surface area (Å²) in [6, 6.07) is -1.50. The van der Waals surface area contributed by atoms with Crippen molar-refractivity contribution in [2.75, 3.05) is 13.7 Å². The van der Waals surface area contributed by atoms with Gasteiger partial charge in [-0.15, -0.1) is 0 Å². The lowest BCUT2D eigenvalue weighted by Gasteiger charge is -2.19. The zero-order chi connectivity index (χ0) is 13.4. The van der Waals surface area contributed by atoms with E-state index >= 15 is 0 Å². The summed E-state index contributed by atoms with van der Waals surface area (Å²) in [5.74, 6) is -0.818. The summed E-state index contributed by atoms with van der Waals surface area (Å²) in [5.41, 5.74) is 0. The maximum absolute atomic E-state index is 11.5. The lowest BCUT2D eigenvalue weighted by Crippen LogP contribution is -2.49. The summed E-state index contributed by atoms with van der Waals surface area (Å²) < 4.78 is 4.86. The van der Waals surface area contributed by atoms with Crippen molar-refractivity contribution < 1.29 is 19.4 Å². The number of aliphatic carboxylic acids is 1.